The molecule has 0 heterocycles. The summed E-state index contributed by atoms with van der Waals surface area (Å²) in [4.78, 5) is 12.3. The van der Waals surface area contributed by atoms with Gasteiger partial charge in [0.2, 0.25) is 0 Å². The number of carbonyl (C=O) groups is 1. The topological polar surface area (TPSA) is 20.3 Å². The molecule has 0 aliphatic heterocycles. The van der Waals surface area contributed by atoms with E-state index in [1.807, 2.05) is 0 Å². The largest absolute Gasteiger partial charge is 0.353 e. The van der Waals surface area contributed by atoms with Crippen molar-refractivity contribution in [3.05, 3.63) is 65.5 Å². The minimum absolute atomic E-state index is 0.250. The first-order valence-electron chi connectivity index (χ1n) is 6.11. The van der Waals surface area contributed by atoms with Crippen molar-refractivity contribution in [1.29, 1.82) is 0 Å². The number of hydrogen-bond donors (Lipinski definition) is 0. The number of anilines is 1. The average Bonchev–Trinajstić information content (AvgIpc) is 2.45. The predicted octanol–water partition coefficient (Wildman–Crippen LogP) is 3.86. The van der Waals surface area contributed by atoms with Crippen LogP contribution in [0.1, 0.15) is 5.56 Å². The molecule has 0 aromatic heterocycles. The second-order valence-corrected chi connectivity index (χ2v) is 4.51. The molecular formula is C15H10F5NO. The van der Waals surface area contributed by atoms with Crippen LogP contribution in [0, 0.1) is 17.5 Å². The Morgan fingerprint density at radius 2 is 1.64 bits per heavy atom. The number of carbonyl (C=O) groups excluding carboxylic acids is 1. The summed E-state index contributed by atoms with van der Waals surface area (Å²) in [6.07, 6.45) is 0. The van der Waals surface area contributed by atoms with Crippen molar-refractivity contribution in [2.45, 2.75) is 5.92 Å². The van der Waals surface area contributed by atoms with E-state index in [0.717, 1.165) is 19.2 Å². The SMILES string of the molecule is CN(C(=O)C(F)(F)c1ccc(F)cc1F)c1ccccc1F. The van der Waals surface area contributed by atoms with Gasteiger partial charge < -0.3 is 4.90 Å². The van der Waals surface area contributed by atoms with Gasteiger partial charge in [-0.15, -0.1) is 0 Å². The Morgan fingerprint density at radius 3 is 2.23 bits per heavy atom. The fourth-order valence-corrected chi connectivity index (χ4v) is 1.90. The van der Waals surface area contributed by atoms with E-state index in [4.69, 9.17) is 0 Å². The Bertz CT molecular complexity index is 717. The molecule has 0 fully saturated rings. The van der Waals surface area contributed by atoms with Gasteiger partial charge in [0.15, 0.2) is 0 Å². The molecule has 0 radical (unpaired) electrons. The molecule has 2 aromatic carbocycles. The number of hydrogen-bond acceptors (Lipinski definition) is 1. The van der Waals surface area contributed by atoms with Crippen LogP contribution in [0.3, 0.4) is 0 Å². The van der Waals surface area contributed by atoms with E-state index in [1.165, 1.54) is 12.1 Å². The van der Waals surface area contributed by atoms with Crippen LogP contribution in [0.15, 0.2) is 42.5 Å². The molecule has 0 aliphatic rings. The molecule has 0 spiro atoms. The lowest BCUT2D eigenvalue weighted by Gasteiger charge is -2.24. The molecule has 0 saturated heterocycles. The highest BCUT2D eigenvalue weighted by molar-refractivity contribution is 5.98. The molecule has 0 bridgehead atoms. The summed E-state index contributed by atoms with van der Waals surface area (Å²) in [7, 11) is 0.941. The van der Waals surface area contributed by atoms with Crippen LogP contribution in [0.25, 0.3) is 0 Å². The third-order valence-corrected chi connectivity index (χ3v) is 3.06. The standard InChI is InChI=1S/C15H10F5NO/c1-21(13-5-3-2-4-11(13)17)14(22)15(19,20)10-7-6-9(16)8-12(10)18/h2-8H,1H3. The first-order valence-corrected chi connectivity index (χ1v) is 6.11. The molecule has 0 unspecified atom stereocenters. The molecule has 2 nitrogen and oxygen atoms in total. The van der Waals surface area contributed by atoms with Gasteiger partial charge in [0.05, 0.1) is 11.3 Å². The lowest BCUT2D eigenvalue weighted by molar-refractivity contribution is -0.144. The molecule has 0 saturated carbocycles. The molecule has 2 rings (SSSR count). The van der Waals surface area contributed by atoms with Gasteiger partial charge in [-0.3, -0.25) is 4.79 Å². The number of alkyl halides is 2. The number of rotatable bonds is 3. The van der Waals surface area contributed by atoms with Crippen LogP contribution in [0.5, 0.6) is 0 Å². The van der Waals surface area contributed by atoms with Gasteiger partial charge in [0.1, 0.15) is 17.5 Å². The number of benzene rings is 2. The summed E-state index contributed by atoms with van der Waals surface area (Å²) in [6.45, 7) is 0. The average molecular weight is 315 g/mol. The molecule has 2 aromatic rings. The summed E-state index contributed by atoms with van der Waals surface area (Å²) in [5, 5.41) is 0. The summed E-state index contributed by atoms with van der Waals surface area (Å²) >= 11 is 0. The van der Waals surface area contributed by atoms with E-state index < -0.39 is 34.8 Å². The van der Waals surface area contributed by atoms with Crippen molar-refractivity contribution >= 4 is 11.6 Å². The number of para-hydroxylation sites is 1. The normalized spacial score (nSPS) is 11.4. The van der Waals surface area contributed by atoms with E-state index in [-0.39, 0.29) is 11.8 Å². The van der Waals surface area contributed by atoms with Crippen LogP contribution in [0.2, 0.25) is 0 Å². The second-order valence-electron chi connectivity index (χ2n) is 4.51. The van der Waals surface area contributed by atoms with Gasteiger partial charge in [-0.2, -0.15) is 8.78 Å². The zero-order valence-corrected chi connectivity index (χ0v) is 11.3. The number of halogens is 5. The molecule has 0 aliphatic carbocycles. The number of nitrogens with zero attached hydrogens (tertiary/aromatic N) is 1. The first-order chi connectivity index (χ1) is 10.2. The molecule has 7 heteroatoms. The number of amides is 1. The predicted molar refractivity (Wildman–Crippen MR) is 70.1 cm³/mol. The Morgan fingerprint density at radius 1 is 1.00 bits per heavy atom. The Hall–Kier alpha value is -2.44. The quantitative estimate of drug-likeness (QED) is 0.788. The van der Waals surface area contributed by atoms with Crippen LogP contribution >= 0.6 is 0 Å². The summed E-state index contributed by atoms with van der Waals surface area (Å²) in [5.41, 5.74) is -1.66. The maximum Gasteiger partial charge on any atom is 0.353 e. The maximum absolute atomic E-state index is 14.1. The van der Waals surface area contributed by atoms with E-state index >= 15 is 0 Å². The van der Waals surface area contributed by atoms with Crippen molar-refractivity contribution < 1.29 is 26.7 Å². The lowest BCUT2D eigenvalue weighted by atomic mass is 10.1. The van der Waals surface area contributed by atoms with Crippen molar-refractivity contribution in [3.8, 4) is 0 Å². The maximum atomic E-state index is 14.1. The zero-order chi connectivity index (χ0) is 16.5. The van der Waals surface area contributed by atoms with Gasteiger partial charge in [-0.1, -0.05) is 12.1 Å². The van der Waals surface area contributed by atoms with Crippen LogP contribution in [0.4, 0.5) is 27.6 Å². The third-order valence-electron chi connectivity index (χ3n) is 3.06. The monoisotopic (exact) mass is 315 g/mol. The number of likely N-dealkylation sites (N-methyl/N-ethyl adjacent to an activating group) is 1. The smallest absolute Gasteiger partial charge is 0.307 e. The van der Waals surface area contributed by atoms with Crippen LogP contribution in [-0.4, -0.2) is 13.0 Å². The van der Waals surface area contributed by atoms with Crippen molar-refractivity contribution in [2.24, 2.45) is 0 Å². The Balaban J connectivity index is 2.40. The zero-order valence-electron chi connectivity index (χ0n) is 11.3. The summed E-state index contributed by atoms with van der Waals surface area (Å²) in [6, 6.07) is 6.16. The van der Waals surface area contributed by atoms with Crippen molar-refractivity contribution in [3.63, 3.8) is 0 Å². The molecule has 1 amide bonds. The van der Waals surface area contributed by atoms with Crippen molar-refractivity contribution in [1.82, 2.24) is 0 Å². The highest BCUT2D eigenvalue weighted by Crippen LogP contribution is 2.34. The fourth-order valence-electron chi connectivity index (χ4n) is 1.90. The fraction of sp³-hybridized carbons (Fsp3) is 0.133. The highest BCUT2D eigenvalue weighted by atomic mass is 19.3. The minimum Gasteiger partial charge on any atom is -0.307 e. The van der Waals surface area contributed by atoms with Crippen LogP contribution < -0.4 is 4.90 Å². The highest BCUT2D eigenvalue weighted by Gasteiger charge is 2.45. The van der Waals surface area contributed by atoms with Crippen LogP contribution in [-0.2, 0) is 10.7 Å². The van der Waals surface area contributed by atoms with Gasteiger partial charge in [-0.05, 0) is 24.3 Å². The summed E-state index contributed by atoms with van der Waals surface area (Å²) in [5.74, 6) is -9.58. The van der Waals surface area contributed by atoms with Gasteiger partial charge >= 0.3 is 11.8 Å². The molecular weight excluding hydrogens is 305 g/mol. The third kappa shape index (κ3) is 2.79. The van der Waals surface area contributed by atoms with Gasteiger partial charge in [-0.25, -0.2) is 13.2 Å². The molecule has 0 N–H and O–H groups in total. The van der Waals surface area contributed by atoms with E-state index in [9.17, 15) is 26.7 Å². The summed E-state index contributed by atoms with van der Waals surface area (Å²) < 4.78 is 68.1. The lowest BCUT2D eigenvalue weighted by Crippen LogP contribution is -2.40. The van der Waals surface area contributed by atoms with Gasteiger partial charge in [0.25, 0.3) is 0 Å². The molecule has 0 atom stereocenters. The van der Waals surface area contributed by atoms with E-state index in [0.29, 0.717) is 17.0 Å². The van der Waals surface area contributed by atoms with Gasteiger partial charge in [0, 0.05) is 13.1 Å². The van der Waals surface area contributed by atoms with E-state index in [1.54, 1.807) is 0 Å². The van der Waals surface area contributed by atoms with E-state index in [2.05, 4.69) is 0 Å². The minimum atomic E-state index is -4.27. The Labute approximate surface area is 122 Å². The first kappa shape index (κ1) is 15.9. The molecule has 22 heavy (non-hydrogen) atoms. The molecule has 116 valence electrons. The van der Waals surface area contributed by atoms with Crippen molar-refractivity contribution in [2.75, 3.05) is 11.9 Å². The second kappa shape index (κ2) is 5.75. The Kier molecular flexibility index (Phi) is 4.16.